The molecule has 0 aliphatic heterocycles. The van der Waals surface area contributed by atoms with Crippen LogP contribution in [-0.4, -0.2) is 6.54 Å². The van der Waals surface area contributed by atoms with E-state index >= 15 is 0 Å². The Bertz CT molecular complexity index is 390. The summed E-state index contributed by atoms with van der Waals surface area (Å²) < 4.78 is 38.4. The molecule has 1 N–H and O–H groups in total. The molecule has 0 fully saturated rings. The molecule has 1 nitrogen and oxygen atoms in total. The highest BCUT2D eigenvalue weighted by Crippen LogP contribution is 2.19. The van der Waals surface area contributed by atoms with Crippen molar-refractivity contribution < 1.29 is 13.2 Å². The second kappa shape index (κ2) is 5.07. The van der Waals surface area contributed by atoms with Gasteiger partial charge in [0, 0.05) is 12.1 Å². The lowest BCUT2D eigenvalue weighted by Gasteiger charge is -2.07. The Kier molecular flexibility index (Phi) is 4.03. The first-order valence-electron chi connectivity index (χ1n) is 4.19. The fraction of sp³-hybridized carbons (Fsp3) is 0.200. The summed E-state index contributed by atoms with van der Waals surface area (Å²) >= 11 is 5.38. The Labute approximate surface area is 90.6 Å². The van der Waals surface area contributed by atoms with Gasteiger partial charge in [-0.25, -0.2) is 13.2 Å². The van der Waals surface area contributed by atoms with Gasteiger partial charge >= 0.3 is 0 Å². The van der Waals surface area contributed by atoms with Crippen molar-refractivity contribution in [2.45, 2.75) is 6.92 Å². The molecule has 1 aromatic carbocycles. The minimum atomic E-state index is -1.48. The second-order valence-corrected chi connectivity index (χ2v) is 3.25. The largest absolute Gasteiger partial charge is 0.379 e. The average Bonchev–Trinajstić information content (AvgIpc) is 2.24. The predicted octanol–water partition coefficient (Wildman–Crippen LogP) is 3.66. The van der Waals surface area contributed by atoms with Crippen molar-refractivity contribution in [3.8, 4) is 0 Å². The van der Waals surface area contributed by atoms with Crippen LogP contribution in [0.3, 0.4) is 0 Å². The molecule has 0 saturated heterocycles. The minimum absolute atomic E-state index is 0.0910. The van der Waals surface area contributed by atoms with Crippen molar-refractivity contribution in [2.75, 3.05) is 11.9 Å². The van der Waals surface area contributed by atoms with Crippen molar-refractivity contribution in [2.24, 2.45) is 0 Å². The van der Waals surface area contributed by atoms with E-state index in [2.05, 4.69) is 5.32 Å². The first kappa shape index (κ1) is 11.9. The van der Waals surface area contributed by atoms with Crippen molar-refractivity contribution in [3.63, 3.8) is 0 Å². The molecule has 5 heteroatoms. The lowest BCUT2D eigenvalue weighted by molar-refractivity contribution is 0.449. The van der Waals surface area contributed by atoms with Gasteiger partial charge in [-0.1, -0.05) is 11.6 Å². The molecule has 0 atom stereocenters. The van der Waals surface area contributed by atoms with Crippen LogP contribution >= 0.6 is 11.6 Å². The minimum Gasteiger partial charge on any atom is -0.379 e. The van der Waals surface area contributed by atoms with Crippen LogP contribution < -0.4 is 5.32 Å². The summed E-state index contributed by atoms with van der Waals surface area (Å²) in [6.07, 6.45) is 0. The molecule has 0 heterocycles. The Balaban J connectivity index is 2.83. The lowest BCUT2D eigenvalue weighted by atomic mass is 10.2. The zero-order chi connectivity index (χ0) is 11.4. The van der Waals surface area contributed by atoms with E-state index in [0.29, 0.717) is 0 Å². The van der Waals surface area contributed by atoms with E-state index < -0.39 is 17.5 Å². The number of anilines is 1. The molecule has 0 spiro atoms. The third kappa shape index (κ3) is 2.89. The smallest absolute Gasteiger partial charge is 0.196 e. The van der Waals surface area contributed by atoms with E-state index in [1.165, 1.54) is 5.54 Å². The van der Waals surface area contributed by atoms with E-state index in [4.69, 9.17) is 11.6 Å². The van der Waals surface area contributed by atoms with Gasteiger partial charge in [0.25, 0.3) is 0 Å². The molecule has 0 saturated carbocycles. The highest BCUT2D eigenvalue weighted by atomic mass is 35.5. The van der Waals surface area contributed by atoms with Gasteiger partial charge in [-0.05, 0) is 24.6 Å². The van der Waals surface area contributed by atoms with E-state index in [1.807, 2.05) is 0 Å². The third-order valence-electron chi connectivity index (χ3n) is 1.78. The van der Waals surface area contributed by atoms with Crippen LogP contribution in [0, 0.1) is 17.5 Å². The number of hydrogen-bond acceptors (Lipinski definition) is 1. The molecule has 15 heavy (non-hydrogen) atoms. The Hall–Kier alpha value is -1.16. The van der Waals surface area contributed by atoms with Gasteiger partial charge in [0.1, 0.15) is 0 Å². The van der Waals surface area contributed by atoms with Gasteiger partial charge in [0.15, 0.2) is 17.5 Å². The van der Waals surface area contributed by atoms with Gasteiger partial charge in [-0.2, -0.15) is 0 Å². The predicted molar refractivity (Wildman–Crippen MR) is 54.4 cm³/mol. The van der Waals surface area contributed by atoms with Gasteiger partial charge < -0.3 is 5.32 Å². The highest BCUT2D eigenvalue weighted by molar-refractivity contribution is 6.25. The monoisotopic (exact) mass is 235 g/mol. The summed E-state index contributed by atoms with van der Waals surface area (Å²) in [4.78, 5) is 0. The maximum absolute atomic E-state index is 13.1. The molecule has 0 amide bonds. The summed E-state index contributed by atoms with van der Waals surface area (Å²) in [6, 6.07) is 2.00. The summed E-state index contributed by atoms with van der Waals surface area (Å²) in [5, 5.41) is 2.60. The summed E-state index contributed by atoms with van der Waals surface area (Å²) in [5.74, 6) is -3.91. The maximum Gasteiger partial charge on any atom is 0.196 e. The van der Waals surface area contributed by atoms with Crippen molar-refractivity contribution in [1.82, 2.24) is 0 Å². The van der Waals surface area contributed by atoms with Gasteiger partial charge in [-0.15, -0.1) is 0 Å². The fourth-order valence-corrected chi connectivity index (χ4v) is 1.01. The average molecular weight is 236 g/mol. The summed E-state index contributed by atoms with van der Waals surface area (Å²) in [5.41, 5.74) is 1.98. The molecule has 1 rings (SSSR count). The molecule has 0 bridgehead atoms. The highest BCUT2D eigenvalue weighted by Gasteiger charge is 2.12. The topological polar surface area (TPSA) is 12.0 Å². The number of hydrogen-bond donors (Lipinski definition) is 1. The third-order valence-corrected chi connectivity index (χ3v) is 2.15. The lowest BCUT2D eigenvalue weighted by Crippen LogP contribution is -2.06. The molecule has 0 aliphatic carbocycles. The van der Waals surface area contributed by atoms with Crippen LogP contribution in [0.15, 0.2) is 23.2 Å². The SMILES string of the molecule is C/C(=C/Cl)CNc1ccc(F)c(F)c1F. The summed E-state index contributed by atoms with van der Waals surface area (Å²) in [7, 11) is 0. The zero-order valence-electron chi connectivity index (χ0n) is 7.95. The van der Waals surface area contributed by atoms with Gasteiger partial charge in [0.05, 0.1) is 5.69 Å². The number of benzene rings is 1. The second-order valence-electron chi connectivity index (χ2n) is 3.03. The van der Waals surface area contributed by atoms with Crippen LogP contribution in [0.4, 0.5) is 18.9 Å². The summed E-state index contributed by atoms with van der Waals surface area (Å²) in [6.45, 7) is 1.99. The maximum atomic E-state index is 13.1. The van der Waals surface area contributed by atoms with Crippen molar-refractivity contribution in [1.29, 1.82) is 0 Å². The van der Waals surface area contributed by atoms with Crippen LogP contribution in [0.5, 0.6) is 0 Å². The normalized spacial score (nSPS) is 11.7. The van der Waals surface area contributed by atoms with E-state index in [1.54, 1.807) is 6.92 Å². The molecule has 0 unspecified atom stereocenters. The van der Waals surface area contributed by atoms with Gasteiger partial charge in [-0.3, -0.25) is 0 Å². The fourth-order valence-electron chi connectivity index (χ4n) is 0.936. The van der Waals surface area contributed by atoms with Crippen LogP contribution in [0.25, 0.3) is 0 Å². The zero-order valence-corrected chi connectivity index (χ0v) is 8.71. The standard InChI is InChI=1S/C10H9ClF3N/c1-6(4-11)5-15-8-3-2-7(12)9(13)10(8)14/h2-4,15H,5H2,1H3/b6-4-. The molecular weight excluding hydrogens is 227 g/mol. The molecular formula is C10H9ClF3N. The Morgan fingerprint density at radius 1 is 1.33 bits per heavy atom. The van der Waals surface area contributed by atoms with Crippen LogP contribution in [-0.2, 0) is 0 Å². The van der Waals surface area contributed by atoms with Crippen molar-refractivity contribution >= 4 is 17.3 Å². The molecule has 0 aromatic heterocycles. The molecule has 1 aromatic rings. The molecule has 0 radical (unpaired) electrons. The molecule has 0 aliphatic rings. The van der Waals surface area contributed by atoms with E-state index in [-0.39, 0.29) is 12.2 Å². The Morgan fingerprint density at radius 2 is 2.00 bits per heavy atom. The van der Waals surface area contributed by atoms with Crippen molar-refractivity contribution in [3.05, 3.63) is 40.7 Å². The first-order chi connectivity index (χ1) is 7.06. The molecule has 82 valence electrons. The van der Waals surface area contributed by atoms with Gasteiger partial charge in [0.2, 0.25) is 0 Å². The van der Waals surface area contributed by atoms with E-state index in [0.717, 1.165) is 17.7 Å². The number of halogens is 4. The number of rotatable bonds is 3. The van der Waals surface area contributed by atoms with Crippen LogP contribution in [0.2, 0.25) is 0 Å². The first-order valence-corrected chi connectivity index (χ1v) is 4.63. The van der Waals surface area contributed by atoms with E-state index in [9.17, 15) is 13.2 Å². The number of nitrogens with one attached hydrogen (secondary N) is 1. The Morgan fingerprint density at radius 3 is 2.60 bits per heavy atom. The quantitative estimate of drug-likeness (QED) is 0.789. The van der Waals surface area contributed by atoms with Crippen LogP contribution in [0.1, 0.15) is 6.92 Å².